The Hall–Kier alpha value is -2.27. The molecule has 1 aliphatic carbocycles. The van der Waals surface area contributed by atoms with E-state index in [4.69, 9.17) is 5.11 Å². The van der Waals surface area contributed by atoms with Gasteiger partial charge in [-0.3, -0.25) is 15.0 Å². The van der Waals surface area contributed by atoms with Crippen molar-refractivity contribution < 1.29 is 27.9 Å². The highest BCUT2D eigenvalue weighted by Crippen LogP contribution is 2.32. The summed E-state index contributed by atoms with van der Waals surface area (Å²) >= 11 is 2.12. The molecule has 1 fully saturated rings. The maximum Gasteiger partial charge on any atom is 0.328 e. The summed E-state index contributed by atoms with van der Waals surface area (Å²) in [6.07, 6.45) is 5.14. The van der Waals surface area contributed by atoms with Gasteiger partial charge in [-0.15, -0.1) is 11.8 Å². The third kappa shape index (κ3) is 5.41. The van der Waals surface area contributed by atoms with E-state index in [9.17, 15) is 22.8 Å². The molecule has 2 aromatic rings. The van der Waals surface area contributed by atoms with Crippen molar-refractivity contribution in [2.45, 2.75) is 29.9 Å². The molecule has 0 atom stereocenters. The van der Waals surface area contributed by atoms with Crippen LogP contribution < -0.4 is 10.2 Å². The van der Waals surface area contributed by atoms with E-state index in [0.29, 0.717) is 4.21 Å². The minimum atomic E-state index is -1.63. The maximum absolute atomic E-state index is 14.4. The third-order valence-corrected chi connectivity index (χ3v) is 6.59. The van der Waals surface area contributed by atoms with Crippen molar-refractivity contribution in [3.63, 3.8) is 0 Å². The average Bonchev–Trinajstić information content (AvgIpc) is 3.35. The van der Waals surface area contributed by atoms with Crippen molar-refractivity contribution >= 4 is 45.9 Å². The van der Waals surface area contributed by atoms with Gasteiger partial charge in [0.05, 0.1) is 21.8 Å². The molecule has 0 radical (unpaired) electrons. The van der Waals surface area contributed by atoms with Crippen LogP contribution in [0, 0.1) is 23.4 Å². The number of urea groups is 1. The second-order valence-electron chi connectivity index (χ2n) is 6.55. The molecule has 29 heavy (non-hydrogen) atoms. The summed E-state index contributed by atoms with van der Waals surface area (Å²) in [5, 5.41) is 11.5. The molecular formula is C18H18F3N3O3S2. The monoisotopic (exact) mass is 445 g/mol. The lowest BCUT2D eigenvalue weighted by molar-refractivity contribution is -0.133. The second kappa shape index (κ2) is 9.49. The van der Waals surface area contributed by atoms with Crippen LogP contribution in [0.15, 0.2) is 22.5 Å². The summed E-state index contributed by atoms with van der Waals surface area (Å²) in [5.41, 5.74) is -0.342. The molecule has 2 N–H and O–H groups in total. The zero-order valence-corrected chi connectivity index (χ0v) is 16.8. The molecule has 11 heteroatoms. The third-order valence-electron chi connectivity index (χ3n) is 4.50. The Morgan fingerprint density at radius 2 is 1.97 bits per heavy atom. The molecule has 1 aromatic carbocycles. The van der Waals surface area contributed by atoms with E-state index >= 15 is 0 Å². The number of hydrogen-bond donors (Lipinski definition) is 2. The summed E-state index contributed by atoms with van der Waals surface area (Å²) in [5.74, 6) is -5.38. The molecule has 0 unspecified atom stereocenters. The minimum Gasteiger partial charge on any atom is -0.481 e. The summed E-state index contributed by atoms with van der Waals surface area (Å²) < 4.78 is 42.0. The number of carboxylic acid groups (broad SMARTS) is 1. The standard InChI is InChI=1S/C18H18F3N3O3S2/c19-11-5-6-12(16(21)15(11)20)24(8-10-3-1-2-4-10)18(27)23-17-22-7-14(29-17)28-9-13(25)26/h5-7,10H,1-4,8-9H2,(H,25,26)(H,22,23,27). The van der Waals surface area contributed by atoms with Crippen LogP contribution in [0.5, 0.6) is 0 Å². The first-order valence-corrected chi connectivity index (χ1v) is 10.7. The van der Waals surface area contributed by atoms with E-state index in [1.54, 1.807) is 0 Å². The Balaban J connectivity index is 1.79. The molecule has 3 rings (SSSR count). The number of thiazole rings is 1. The minimum absolute atomic E-state index is 0.131. The van der Waals surface area contributed by atoms with Crippen molar-refractivity contribution in [3.8, 4) is 0 Å². The Morgan fingerprint density at radius 1 is 1.24 bits per heavy atom. The Kier molecular flexibility index (Phi) is 7.01. The second-order valence-corrected chi connectivity index (χ2v) is 8.86. The molecule has 1 aromatic heterocycles. The number of halogens is 3. The summed E-state index contributed by atoms with van der Waals surface area (Å²) in [4.78, 5) is 28.6. The molecule has 1 aliphatic rings. The molecular weight excluding hydrogens is 427 g/mol. The van der Waals surface area contributed by atoms with E-state index in [1.807, 2.05) is 0 Å². The highest BCUT2D eigenvalue weighted by atomic mass is 32.2. The SMILES string of the molecule is O=C(O)CSc1cnc(NC(=O)N(CC2CCCC2)c2ccc(F)c(F)c2F)s1. The van der Waals surface area contributed by atoms with Gasteiger partial charge < -0.3 is 5.11 Å². The number of nitrogens with zero attached hydrogens (tertiary/aromatic N) is 2. The van der Waals surface area contributed by atoms with Crippen LogP contribution in [0.1, 0.15) is 25.7 Å². The fourth-order valence-corrected chi connectivity index (χ4v) is 4.72. The van der Waals surface area contributed by atoms with Gasteiger partial charge in [0.1, 0.15) is 0 Å². The highest BCUT2D eigenvalue weighted by Gasteiger charge is 2.28. The van der Waals surface area contributed by atoms with Crippen LogP contribution in [0.25, 0.3) is 0 Å². The Bertz CT molecular complexity index is 904. The number of nitrogens with one attached hydrogen (secondary N) is 1. The molecule has 1 heterocycles. The largest absolute Gasteiger partial charge is 0.481 e. The number of carboxylic acids is 1. The summed E-state index contributed by atoms with van der Waals surface area (Å²) in [6, 6.07) is 1.11. The average molecular weight is 445 g/mol. The van der Waals surface area contributed by atoms with Gasteiger partial charge >= 0.3 is 12.0 Å². The van der Waals surface area contributed by atoms with Crippen molar-refractivity contribution in [2.24, 2.45) is 5.92 Å². The molecule has 0 saturated heterocycles. The first-order valence-electron chi connectivity index (χ1n) is 8.87. The Morgan fingerprint density at radius 3 is 2.66 bits per heavy atom. The fourth-order valence-electron chi connectivity index (χ4n) is 3.14. The first kappa shape index (κ1) is 21.4. The van der Waals surface area contributed by atoms with Gasteiger partial charge in [-0.05, 0) is 30.9 Å². The van der Waals surface area contributed by atoms with E-state index in [2.05, 4.69) is 10.3 Å². The van der Waals surface area contributed by atoms with Crippen LogP contribution in [0.3, 0.4) is 0 Å². The number of carbonyl (C=O) groups excluding carboxylic acids is 1. The van der Waals surface area contributed by atoms with Gasteiger partial charge in [0, 0.05) is 6.54 Å². The van der Waals surface area contributed by atoms with Crippen LogP contribution >= 0.6 is 23.1 Å². The number of anilines is 2. The molecule has 0 bridgehead atoms. The fraction of sp³-hybridized carbons (Fsp3) is 0.389. The predicted octanol–water partition coefficient (Wildman–Crippen LogP) is 4.97. The van der Waals surface area contributed by atoms with E-state index in [-0.39, 0.29) is 29.0 Å². The topological polar surface area (TPSA) is 82.5 Å². The molecule has 2 amide bonds. The van der Waals surface area contributed by atoms with Gasteiger partial charge in [0.2, 0.25) is 0 Å². The zero-order chi connectivity index (χ0) is 21.0. The van der Waals surface area contributed by atoms with E-state index < -0.39 is 29.5 Å². The molecule has 1 saturated carbocycles. The number of hydrogen-bond acceptors (Lipinski definition) is 5. The molecule has 0 spiro atoms. The van der Waals surface area contributed by atoms with Crippen LogP contribution in [0.4, 0.5) is 28.8 Å². The predicted molar refractivity (Wildman–Crippen MR) is 105 cm³/mol. The van der Waals surface area contributed by atoms with Gasteiger partial charge in [-0.2, -0.15) is 0 Å². The summed E-state index contributed by atoms with van der Waals surface area (Å²) in [6.45, 7) is 0.166. The van der Waals surface area contributed by atoms with Crippen molar-refractivity contribution in [3.05, 3.63) is 35.8 Å². The summed E-state index contributed by atoms with van der Waals surface area (Å²) in [7, 11) is 0. The number of rotatable bonds is 7. The smallest absolute Gasteiger partial charge is 0.328 e. The van der Waals surface area contributed by atoms with Crippen molar-refractivity contribution in [1.82, 2.24) is 4.98 Å². The number of aromatic nitrogens is 1. The van der Waals surface area contributed by atoms with E-state index in [1.165, 1.54) is 6.20 Å². The maximum atomic E-state index is 14.4. The lowest BCUT2D eigenvalue weighted by Gasteiger charge is -2.26. The molecule has 156 valence electrons. The number of carbonyl (C=O) groups is 2. The molecule has 0 aliphatic heterocycles. The zero-order valence-electron chi connectivity index (χ0n) is 15.2. The van der Waals surface area contributed by atoms with Gasteiger partial charge in [-0.1, -0.05) is 24.2 Å². The van der Waals surface area contributed by atoms with Crippen molar-refractivity contribution in [2.75, 3.05) is 22.5 Å². The first-order chi connectivity index (χ1) is 13.8. The highest BCUT2D eigenvalue weighted by molar-refractivity contribution is 8.01. The number of aliphatic carboxylic acids is 1. The van der Waals surface area contributed by atoms with Crippen LogP contribution in [0.2, 0.25) is 0 Å². The number of thioether (sulfide) groups is 1. The van der Waals surface area contributed by atoms with Gasteiger partial charge in [-0.25, -0.2) is 22.9 Å². The van der Waals surface area contributed by atoms with Gasteiger partial charge in [0.25, 0.3) is 0 Å². The van der Waals surface area contributed by atoms with Gasteiger partial charge in [0.15, 0.2) is 22.6 Å². The quantitative estimate of drug-likeness (QED) is 0.465. The Labute approximate surface area is 173 Å². The number of benzene rings is 1. The number of amides is 2. The lowest BCUT2D eigenvalue weighted by atomic mass is 10.1. The normalized spacial score (nSPS) is 14.2. The van der Waals surface area contributed by atoms with Crippen LogP contribution in [-0.4, -0.2) is 34.4 Å². The van der Waals surface area contributed by atoms with Crippen LogP contribution in [-0.2, 0) is 4.79 Å². The molecule has 6 nitrogen and oxygen atoms in total. The van der Waals surface area contributed by atoms with Crippen molar-refractivity contribution in [1.29, 1.82) is 0 Å². The van der Waals surface area contributed by atoms with E-state index in [0.717, 1.165) is 65.8 Å². The lowest BCUT2D eigenvalue weighted by Crippen LogP contribution is -2.39.